The van der Waals surface area contributed by atoms with Crippen molar-refractivity contribution in [1.82, 2.24) is 5.32 Å². The Morgan fingerprint density at radius 2 is 1.83 bits per heavy atom. The van der Waals surface area contributed by atoms with Gasteiger partial charge in [0.1, 0.15) is 5.75 Å². The maximum Gasteiger partial charge on any atom is 0.275 e. The van der Waals surface area contributed by atoms with Gasteiger partial charge >= 0.3 is 0 Å². The van der Waals surface area contributed by atoms with Crippen molar-refractivity contribution in [1.29, 1.82) is 0 Å². The van der Waals surface area contributed by atoms with Gasteiger partial charge in [0.05, 0.1) is 27.2 Å². The molecule has 0 spiro atoms. The van der Waals surface area contributed by atoms with Gasteiger partial charge in [0.2, 0.25) is 0 Å². The SMILES string of the molecule is CCCCCCNC(=O)C[N+](C)(C)CCCCOc1cc(C(C)C)ccc1C.[Br-]. The van der Waals surface area contributed by atoms with Crippen LogP contribution in [0.15, 0.2) is 18.2 Å². The molecule has 0 fully saturated rings. The molecule has 0 saturated heterocycles. The van der Waals surface area contributed by atoms with Crippen LogP contribution >= 0.6 is 0 Å². The van der Waals surface area contributed by atoms with Crippen molar-refractivity contribution in [3.05, 3.63) is 29.3 Å². The average molecular weight is 472 g/mol. The number of nitrogens with zero attached hydrogens (tertiary/aromatic N) is 1. The minimum Gasteiger partial charge on any atom is -1.00 e. The second kappa shape index (κ2) is 14.8. The van der Waals surface area contributed by atoms with Gasteiger partial charge in [0.25, 0.3) is 5.91 Å². The molecule has 1 aromatic rings. The summed E-state index contributed by atoms with van der Waals surface area (Å²) in [6, 6.07) is 6.50. The van der Waals surface area contributed by atoms with Gasteiger partial charge < -0.3 is 31.5 Å². The molecule has 0 aromatic heterocycles. The van der Waals surface area contributed by atoms with Crippen LogP contribution in [0, 0.1) is 6.92 Å². The normalized spacial score (nSPS) is 11.3. The summed E-state index contributed by atoms with van der Waals surface area (Å²) < 4.78 is 6.75. The first-order chi connectivity index (χ1) is 13.2. The highest BCUT2D eigenvalue weighted by molar-refractivity contribution is 5.76. The minimum absolute atomic E-state index is 0. The number of halogens is 1. The molecule has 1 amide bonds. The molecule has 0 saturated carbocycles. The summed E-state index contributed by atoms with van der Waals surface area (Å²) in [7, 11) is 4.27. The van der Waals surface area contributed by atoms with E-state index in [0.29, 0.717) is 12.5 Å². The molecular formula is C24H43BrN2O2. The fourth-order valence-electron chi connectivity index (χ4n) is 3.26. The van der Waals surface area contributed by atoms with E-state index < -0.39 is 0 Å². The van der Waals surface area contributed by atoms with E-state index >= 15 is 0 Å². The van der Waals surface area contributed by atoms with E-state index in [4.69, 9.17) is 4.74 Å². The lowest BCUT2D eigenvalue weighted by molar-refractivity contribution is -0.882. The average Bonchev–Trinajstić information content (AvgIpc) is 2.62. The second-order valence-electron chi connectivity index (χ2n) is 8.96. The summed E-state index contributed by atoms with van der Waals surface area (Å²) in [5.41, 5.74) is 2.51. The molecule has 0 aliphatic carbocycles. The van der Waals surface area contributed by atoms with Crippen LogP contribution < -0.4 is 27.0 Å². The number of hydrogen-bond acceptors (Lipinski definition) is 2. The molecule has 168 valence electrons. The van der Waals surface area contributed by atoms with Crippen LogP contribution in [0.25, 0.3) is 0 Å². The molecule has 0 unspecified atom stereocenters. The highest BCUT2D eigenvalue weighted by atomic mass is 79.9. The Kier molecular flexibility index (Phi) is 14.3. The van der Waals surface area contributed by atoms with E-state index in [9.17, 15) is 4.79 Å². The van der Waals surface area contributed by atoms with Crippen molar-refractivity contribution < 1.29 is 31.0 Å². The van der Waals surface area contributed by atoms with Gasteiger partial charge in [-0.2, -0.15) is 0 Å². The Labute approximate surface area is 189 Å². The Balaban J connectivity index is 0.00000784. The van der Waals surface area contributed by atoms with Crippen LogP contribution in [0.4, 0.5) is 0 Å². The van der Waals surface area contributed by atoms with Crippen molar-refractivity contribution in [2.75, 3.05) is 40.3 Å². The zero-order valence-corrected chi connectivity index (χ0v) is 21.1. The summed E-state index contributed by atoms with van der Waals surface area (Å²) in [6.45, 7) is 11.8. The number of amides is 1. The van der Waals surface area contributed by atoms with Gasteiger partial charge in [0, 0.05) is 6.54 Å². The Bertz CT molecular complexity index is 588. The van der Waals surface area contributed by atoms with E-state index in [1.165, 1.54) is 30.4 Å². The lowest BCUT2D eigenvalue weighted by Crippen LogP contribution is -3.00. The van der Waals surface area contributed by atoms with Crippen LogP contribution in [0.3, 0.4) is 0 Å². The summed E-state index contributed by atoms with van der Waals surface area (Å²) >= 11 is 0. The molecule has 4 nitrogen and oxygen atoms in total. The summed E-state index contributed by atoms with van der Waals surface area (Å²) in [5, 5.41) is 3.06. The topological polar surface area (TPSA) is 38.3 Å². The van der Waals surface area contributed by atoms with E-state index in [0.717, 1.165) is 49.2 Å². The number of unbranched alkanes of at least 4 members (excludes halogenated alkanes) is 4. The summed E-state index contributed by atoms with van der Waals surface area (Å²) in [6.07, 6.45) is 6.83. The maximum absolute atomic E-state index is 12.1. The Morgan fingerprint density at radius 1 is 1.10 bits per heavy atom. The Hall–Kier alpha value is -1.07. The maximum atomic E-state index is 12.1. The first-order valence-corrected chi connectivity index (χ1v) is 11.1. The number of hydrogen-bond donors (Lipinski definition) is 1. The van der Waals surface area contributed by atoms with Gasteiger partial charge in [-0.25, -0.2) is 0 Å². The number of rotatable bonds is 14. The fourth-order valence-corrected chi connectivity index (χ4v) is 3.26. The van der Waals surface area contributed by atoms with Gasteiger partial charge in [0.15, 0.2) is 6.54 Å². The number of benzene rings is 1. The van der Waals surface area contributed by atoms with Crippen molar-refractivity contribution >= 4 is 5.91 Å². The number of ether oxygens (including phenoxy) is 1. The standard InChI is InChI=1S/C24H42N2O2.BrH/c1-7-8-9-10-15-25-24(27)19-26(5,6)16-11-12-17-28-23-18-22(20(2)3)14-13-21(23)4;/h13-14,18,20H,7-12,15-17,19H2,1-6H3;1H. The number of aryl methyl sites for hydroxylation is 1. The molecule has 0 atom stereocenters. The van der Waals surface area contributed by atoms with Crippen LogP contribution in [0.2, 0.25) is 0 Å². The predicted octanol–water partition coefficient (Wildman–Crippen LogP) is 2.05. The second-order valence-corrected chi connectivity index (χ2v) is 8.96. The third-order valence-corrected chi connectivity index (χ3v) is 5.22. The lowest BCUT2D eigenvalue weighted by atomic mass is 10.0. The molecule has 5 heteroatoms. The summed E-state index contributed by atoms with van der Waals surface area (Å²) in [4.78, 5) is 12.1. The molecule has 1 rings (SSSR count). The fraction of sp³-hybridized carbons (Fsp3) is 0.708. The van der Waals surface area contributed by atoms with Gasteiger partial charge in [-0.15, -0.1) is 0 Å². The van der Waals surface area contributed by atoms with E-state index in [-0.39, 0.29) is 22.9 Å². The molecule has 0 aliphatic heterocycles. The van der Waals surface area contributed by atoms with Crippen LogP contribution in [0.1, 0.15) is 76.3 Å². The molecular weight excluding hydrogens is 428 g/mol. The monoisotopic (exact) mass is 470 g/mol. The highest BCUT2D eigenvalue weighted by Crippen LogP contribution is 2.24. The van der Waals surface area contributed by atoms with E-state index in [1.807, 2.05) is 0 Å². The van der Waals surface area contributed by atoms with Gasteiger partial charge in [-0.3, -0.25) is 4.79 Å². The van der Waals surface area contributed by atoms with Gasteiger partial charge in [-0.05, 0) is 49.3 Å². The van der Waals surface area contributed by atoms with Crippen LogP contribution in [-0.4, -0.2) is 50.7 Å². The van der Waals surface area contributed by atoms with Crippen LogP contribution in [0.5, 0.6) is 5.75 Å². The lowest BCUT2D eigenvalue weighted by Gasteiger charge is -2.29. The first kappa shape index (κ1) is 27.9. The number of likely N-dealkylation sites (N-methyl/N-ethyl adjacent to an activating group) is 1. The number of nitrogens with one attached hydrogen (secondary N) is 1. The van der Waals surface area contributed by atoms with Crippen LogP contribution in [-0.2, 0) is 4.79 Å². The largest absolute Gasteiger partial charge is 1.00 e. The Morgan fingerprint density at radius 3 is 2.48 bits per heavy atom. The number of carbonyl (C=O) groups is 1. The molecule has 1 aromatic carbocycles. The summed E-state index contributed by atoms with van der Waals surface area (Å²) in [5.74, 6) is 1.68. The first-order valence-electron chi connectivity index (χ1n) is 11.1. The molecule has 29 heavy (non-hydrogen) atoms. The molecule has 0 aliphatic rings. The third-order valence-electron chi connectivity index (χ3n) is 5.22. The highest BCUT2D eigenvalue weighted by Gasteiger charge is 2.19. The van der Waals surface area contributed by atoms with E-state index in [1.54, 1.807) is 0 Å². The number of quaternary nitrogens is 1. The predicted molar refractivity (Wildman–Crippen MR) is 119 cm³/mol. The molecule has 1 N–H and O–H groups in total. The quantitative estimate of drug-likeness (QED) is 0.333. The van der Waals surface area contributed by atoms with Crippen molar-refractivity contribution in [2.24, 2.45) is 0 Å². The minimum atomic E-state index is 0. The number of carbonyl (C=O) groups excluding carboxylic acids is 1. The van der Waals surface area contributed by atoms with Crippen molar-refractivity contribution in [3.63, 3.8) is 0 Å². The smallest absolute Gasteiger partial charge is 0.275 e. The van der Waals surface area contributed by atoms with Crippen molar-refractivity contribution in [3.8, 4) is 5.75 Å². The molecule has 0 bridgehead atoms. The molecule has 0 heterocycles. The molecule has 0 radical (unpaired) electrons. The third kappa shape index (κ3) is 12.3. The zero-order valence-electron chi connectivity index (χ0n) is 19.5. The zero-order chi connectivity index (χ0) is 21.0. The van der Waals surface area contributed by atoms with Gasteiger partial charge in [-0.1, -0.05) is 52.2 Å². The van der Waals surface area contributed by atoms with E-state index in [2.05, 4.69) is 65.3 Å². The van der Waals surface area contributed by atoms with Crippen molar-refractivity contribution in [2.45, 2.75) is 72.1 Å².